The zero-order valence-electron chi connectivity index (χ0n) is 8.70. The highest BCUT2D eigenvalue weighted by atomic mass is 15.3. The van der Waals surface area contributed by atoms with Crippen LogP contribution in [-0.2, 0) is 7.05 Å². The third-order valence-corrected chi connectivity index (χ3v) is 2.41. The predicted octanol–water partition coefficient (Wildman–Crippen LogP) is 0.712. The van der Waals surface area contributed by atoms with E-state index < -0.39 is 0 Å². The molecule has 3 rings (SSSR count). The van der Waals surface area contributed by atoms with Crippen molar-refractivity contribution in [2.24, 2.45) is 7.05 Å². The fourth-order valence-corrected chi connectivity index (χ4v) is 1.56. The van der Waals surface area contributed by atoms with Crippen LogP contribution in [0.1, 0.15) is 0 Å². The monoisotopic (exact) mass is 214 g/mol. The first-order valence-corrected chi connectivity index (χ1v) is 4.84. The van der Waals surface area contributed by atoms with Gasteiger partial charge in [0.25, 0.3) is 0 Å². The van der Waals surface area contributed by atoms with Gasteiger partial charge in [-0.15, -0.1) is 0 Å². The van der Waals surface area contributed by atoms with Gasteiger partial charge in [-0.25, -0.2) is 9.50 Å². The van der Waals surface area contributed by atoms with Gasteiger partial charge in [-0.3, -0.25) is 4.68 Å². The van der Waals surface area contributed by atoms with E-state index in [2.05, 4.69) is 15.2 Å². The fourth-order valence-electron chi connectivity index (χ4n) is 1.56. The van der Waals surface area contributed by atoms with Crippen LogP contribution in [0.4, 0.5) is 5.82 Å². The zero-order valence-corrected chi connectivity index (χ0v) is 8.70. The predicted molar refractivity (Wildman–Crippen MR) is 59.6 cm³/mol. The van der Waals surface area contributed by atoms with E-state index in [1.807, 2.05) is 18.3 Å². The largest absolute Gasteiger partial charge is 0.384 e. The average Bonchev–Trinajstić information content (AvgIpc) is 2.83. The van der Waals surface area contributed by atoms with Gasteiger partial charge in [-0.2, -0.15) is 10.2 Å². The van der Waals surface area contributed by atoms with Crippen molar-refractivity contribution >= 4 is 11.5 Å². The highest BCUT2D eigenvalue weighted by Gasteiger charge is 2.09. The van der Waals surface area contributed by atoms with Gasteiger partial charge in [0.05, 0.1) is 0 Å². The molecule has 0 aliphatic carbocycles. The Hall–Kier alpha value is -2.37. The van der Waals surface area contributed by atoms with Gasteiger partial charge in [0.15, 0.2) is 5.65 Å². The van der Waals surface area contributed by atoms with Crippen molar-refractivity contribution in [1.82, 2.24) is 24.4 Å². The molecule has 0 saturated carbocycles. The summed E-state index contributed by atoms with van der Waals surface area (Å²) in [4.78, 5) is 4.19. The SMILES string of the molecule is Cn1nc(-c2cc3ncccn3n2)cc1N. The van der Waals surface area contributed by atoms with Crippen LogP contribution in [0.25, 0.3) is 17.0 Å². The molecule has 0 amide bonds. The molecule has 6 nitrogen and oxygen atoms in total. The lowest BCUT2D eigenvalue weighted by Gasteiger charge is -1.89. The van der Waals surface area contributed by atoms with Crippen LogP contribution in [0.2, 0.25) is 0 Å². The molecule has 16 heavy (non-hydrogen) atoms. The van der Waals surface area contributed by atoms with E-state index in [4.69, 9.17) is 5.73 Å². The Balaban J connectivity index is 2.18. The van der Waals surface area contributed by atoms with Crippen molar-refractivity contribution in [3.05, 3.63) is 30.6 Å². The molecule has 3 aromatic heterocycles. The van der Waals surface area contributed by atoms with Gasteiger partial charge >= 0.3 is 0 Å². The summed E-state index contributed by atoms with van der Waals surface area (Å²) in [5.41, 5.74) is 8.04. The molecule has 0 bridgehead atoms. The molecule has 0 aliphatic rings. The second-order valence-electron chi connectivity index (χ2n) is 3.53. The number of hydrogen-bond donors (Lipinski definition) is 1. The third kappa shape index (κ3) is 1.23. The Bertz CT molecular complexity index is 598. The summed E-state index contributed by atoms with van der Waals surface area (Å²) >= 11 is 0. The Kier molecular flexibility index (Phi) is 1.70. The summed E-state index contributed by atoms with van der Waals surface area (Å²) in [5, 5.41) is 8.62. The lowest BCUT2D eigenvalue weighted by atomic mass is 10.3. The minimum Gasteiger partial charge on any atom is -0.384 e. The summed E-state index contributed by atoms with van der Waals surface area (Å²) in [5.74, 6) is 0.611. The zero-order chi connectivity index (χ0) is 11.1. The van der Waals surface area contributed by atoms with Crippen molar-refractivity contribution in [2.45, 2.75) is 0 Å². The van der Waals surface area contributed by atoms with E-state index in [0.29, 0.717) is 5.82 Å². The number of rotatable bonds is 1. The number of aryl methyl sites for hydroxylation is 1. The molecular formula is C10H10N6. The van der Waals surface area contributed by atoms with Crippen LogP contribution in [-0.4, -0.2) is 24.4 Å². The molecule has 0 saturated heterocycles. The minimum absolute atomic E-state index is 0.611. The molecule has 2 N–H and O–H groups in total. The highest BCUT2D eigenvalue weighted by Crippen LogP contribution is 2.18. The van der Waals surface area contributed by atoms with Crippen LogP contribution in [0.5, 0.6) is 0 Å². The molecule has 0 fully saturated rings. The second kappa shape index (κ2) is 3.06. The molecule has 3 aromatic rings. The van der Waals surface area contributed by atoms with Crippen molar-refractivity contribution in [3.63, 3.8) is 0 Å². The van der Waals surface area contributed by atoms with Crippen LogP contribution in [0, 0.1) is 0 Å². The Labute approximate surface area is 91.3 Å². The molecule has 3 heterocycles. The van der Waals surface area contributed by atoms with E-state index in [0.717, 1.165) is 17.0 Å². The summed E-state index contributed by atoms with van der Waals surface area (Å²) in [6.45, 7) is 0. The van der Waals surface area contributed by atoms with E-state index in [9.17, 15) is 0 Å². The van der Waals surface area contributed by atoms with E-state index in [-0.39, 0.29) is 0 Å². The number of anilines is 1. The number of fused-ring (bicyclic) bond motifs is 1. The number of nitrogens with two attached hydrogens (primary N) is 1. The lowest BCUT2D eigenvalue weighted by Crippen LogP contribution is -1.96. The summed E-state index contributed by atoms with van der Waals surface area (Å²) in [6, 6.07) is 5.50. The maximum Gasteiger partial charge on any atom is 0.155 e. The van der Waals surface area contributed by atoms with E-state index in [1.54, 1.807) is 28.5 Å². The van der Waals surface area contributed by atoms with Crippen molar-refractivity contribution < 1.29 is 0 Å². The molecule has 0 radical (unpaired) electrons. The molecule has 0 aromatic carbocycles. The van der Waals surface area contributed by atoms with E-state index in [1.165, 1.54) is 0 Å². The second-order valence-corrected chi connectivity index (χ2v) is 3.53. The molecule has 80 valence electrons. The van der Waals surface area contributed by atoms with Crippen LogP contribution < -0.4 is 5.73 Å². The van der Waals surface area contributed by atoms with Crippen molar-refractivity contribution in [2.75, 3.05) is 5.73 Å². The fraction of sp³-hybridized carbons (Fsp3) is 0.100. The van der Waals surface area contributed by atoms with Crippen molar-refractivity contribution in [1.29, 1.82) is 0 Å². The standard InChI is InChI=1S/C10H10N6/c1-15-9(11)5-7(13-15)8-6-10-12-3-2-4-16(10)14-8/h2-6H,11H2,1H3. The first-order valence-electron chi connectivity index (χ1n) is 4.84. The maximum absolute atomic E-state index is 5.72. The molecule has 0 unspecified atom stereocenters. The average molecular weight is 214 g/mol. The molecule has 6 heteroatoms. The number of nitrogen functional groups attached to an aromatic ring is 1. The van der Waals surface area contributed by atoms with Crippen LogP contribution in [0.3, 0.4) is 0 Å². The Morgan fingerprint density at radius 1 is 1.19 bits per heavy atom. The van der Waals surface area contributed by atoms with Crippen LogP contribution >= 0.6 is 0 Å². The first-order chi connectivity index (χ1) is 7.74. The topological polar surface area (TPSA) is 74.0 Å². The van der Waals surface area contributed by atoms with Gasteiger partial charge in [-0.1, -0.05) is 0 Å². The normalized spacial score (nSPS) is 11.1. The number of nitrogens with zero attached hydrogens (tertiary/aromatic N) is 5. The van der Waals surface area contributed by atoms with Crippen molar-refractivity contribution in [3.8, 4) is 11.4 Å². The molecule has 0 aliphatic heterocycles. The molecular weight excluding hydrogens is 204 g/mol. The summed E-state index contributed by atoms with van der Waals surface area (Å²) in [7, 11) is 1.80. The first kappa shape index (κ1) is 8.90. The molecule has 0 spiro atoms. The maximum atomic E-state index is 5.72. The smallest absolute Gasteiger partial charge is 0.155 e. The Morgan fingerprint density at radius 2 is 2.00 bits per heavy atom. The number of hydrogen-bond acceptors (Lipinski definition) is 4. The van der Waals surface area contributed by atoms with Gasteiger partial charge in [0.2, 0.25) is 0 Å². The number of aromatic nitrogens is 5. The molecule has 0 atom stereocenters. The highest BCUT2D eigenvalue weighted by molar-refractivity contribution is 5.62. The summed E-state index contributed by atoms with van der Waals surface area (Å²) < 4.78 is 3.33. The summed E-state index contributed by atoms with van der Waals surface area (Å²) in [6.07, 6.45) is 3.58. The minimum atomic E-state index is 0.611. The van der Waals surface area contributed by atoms with Gasteiger partial charge < -0.3 is 5.73 Å². The Morgan fingerprint density at radius 3 is 2.69 bits per heavy atom. The van der Waals surface area contributed by atoms with Gasteiger partial charge in [-0.05, 0) is 6.07 Å². The van der Waals surface area contributed by atoms with Gasteiger partial charge in [0, 0.05) is 31.6 Å². The van der Waals surface area contributed by atoms with Crippen LogP contribution in [0.15, 0.2) is 30.6 Å². The third-order valence-electron chi connectivity index (χ3n) is 2.41. The van der Waals surface area contributed by atoms with Gasteiger partial charge in [0.1, 0.15) is 17.2 Å². The quantitative estimate of drug-likeness (QED) is 0.647. The van der Waals surface area contributed by atoms with E-state index >= 15 is 0 Å². The lowest BCUT2D eigenvalue weighted by molar-refractivity contribution is 0.780.